The fraction of sp³-hybridized carbons (Fsp3) is 0.750. The Hall–Kier alpha value is -1.44. The number of hydrazine groups is 1. The second-order valence-electron chi connectivity index (χ2n) is 6.77. The molecule has 1 amide bonds. The maximum Gasteiger partial charge on any atom is 0.239 e. The first-order valence-corrected chi connectivity index (χ1v) is 8.69. The van der Waals surface area contributed by atoms with Gasteiger partial charge in [0.25, 0.3) is 0 Å². The molecule has 2 aliphatic heterocycles. The first-order chi connectivity index (χ1) is 11.2. The zero-order chi connectivity index (χ0) is 16.2. The zero-order valence-corrected chi connectivity index (χ0v) is 13.8. The highest BCUT2D eigenvalue weighted by Crippen LogP contribution is 2.28. The number of imidazole rings is 1. The van der Waals surface area contributed by atoms with Crippen molar-refractivity contribution in [1.82, 2.24) is 25.7 Å². The quantitative estimate of drug-likeness (QED) is 0.613. The lowest BCUT2D eigenvalue weighted by Crippen LogP contribution is -2.50. The molecule has 3 atom stereocenters. The Bertz CT molecular complexity index is 497. The van der Waals surface area contributed by atoms with E-state index in [1.165, 1.54) is 6.42 Å². The van der Waals surface area contributed by atoms with Gasteiger partial charge in [-0.15, -0.1) is 0 Å². The third-order valence-electron chi connectivity index (χ3n) is 5.34. The van der Waals surface area contributed by atoms with Crippen molar-refractivity contribution in [3.05, 3.63) is 18.2 Å². The van der Waals surface area contributed by atoms with Crippen LogP contribution in [-0.2, 0) is 11.2 Å². The lowest BCUT2D eigenvalue weighted by molar-refractivity contribution is -0.134. The smallest absolute Gasteiger partial charge is 0.239 e. The average molecular weight is 320 g/mol. The van der Waals surface area contributed by atoms with Gasteiger partial charge in [-0.05, 0) is 24.7 Å². The van der Waals surface area contributed by atoms with Crippen LogP contribution in [0.1, 0.15) is 31.9 Å². The molecule has 1 aromatic rings. The van der Waals surface area contributed by atoms with Crippen LogP contribution in [0.15, 0.2) is 12.5 Å². The van der Waals surface area contributed by atoms with Gasteiger partial charge in [0, 0.05) is 44.0 Å². The van der Waals surface area contributed by atoms with Crippen molar-refractivity contribution in [3.63, 3.8) is 0 Å². The topological polar surface area (TPSA) is 99.1 Å². The van der Waals surface area contributed by atoms with E-state index in [4.69, 9.17) is 5.73 Å². The molecule has 5 N–H and O–H groups in total. The van der Waals surface area contributed by atoms with Crippen molar-refractivity contribution >= 4 is 5.91 Å². The van der Waals surface area contributed by atoms with Crippen LogP contribution in [-0.4, -0.2) is 52.5 Å². The lowest BCUT2D eigenvalue weighted by Gasteiger charge is -2.37. The van der Waals surface area contributed by atoms with E-state index in [-0.39, 0.29) is 5.91 Å². The summed E-state index contributed by atoms with van der Waals surface area (Å²) in [5, 5.41) is 0. The number of aromatic amines is 1. The Balaban J connectivity index is 1.49. The Morgan fingerprint density at radius 1 is 1.48 bits per heavy atom. The Labute approximate surface area is 137 Å². The number of amides is 1. The summed E-state index contributed by atoms with van der Waals surface area (Å²) in [6, 6.07) is 0.0533. The predicted molar refractivity (Wildman–Crippen MR) is 88.3 cm³/mol. The molecule has 0 saturated carbocycles. The van der Waals surface area contributed by atoms with Gasteiger partial charge in [0.2, 0.25) is 5.91 Å². The molecule has 2 fully saturated rings. The van der Waals surface area contributed by atoms with Crippen molar-refractivity contribution in [2.45, 2.75) is 44.7 Å². The highest BCUT2D eigenvalue weighted by Gasteiger charge is 2.35. The molecular formula is C16H28N6O. The van der Waals surface area contributed by atoms with Crippen molar-refractivity contribution in [2.24, 2.45) is 17.6 Å². The summed E-state index contributed by atoms with van der Waals surface area (Å²) < 4.78 is 0. The van der Waals surface area contributed by atoms with Gasteiger partial charge < -0.3 is 15.6 Å². The molecular weight excluding hydrogens is 292 g/mol. The highest BCUT2D eigenvalue weighted by atomic mass is 16.2. The minimum Gasteiger partial charge on any atom is -0.348 e. The first kappa shape index (κ1) is 16.4. The Kier molecular flexibility index (Phi) is 5.30. The van der Waals surface area contributed by atoms with Gasteiger partial charge >= 0.3 is 0 Å². The lowest BCUT2D eigenvalue weighted by atomic mass is 9.82. The summed E-state index contributed by atoms with van der Waals surface area (Å²) >= 11 is 0. The predicted octanol–water partition coefficient (Wildman–Crippen LogP) is 0.0207. The number of H-pyrrole nitrogens is 1. The number of rotatable bonds is 5. The summed E-state index contributed by atoms with van der Waals surface area (Å²) in [5.41, 5.74) is 13.7. The summed E-state index contributed by atoms with van der Waals surface area (Å²) in [6.45, 7) is 4.93. The third kappa shape index (κ3) is 3.73. The van der Waals surface area contributed by atoms with Crippen LogP contribution >= 0.6 is 0 Å². The van der Waals surface area contributed by atoms with E-state index in [1.54, 1.807) is 12.5 Å². The molecule has 2 aliphatic rings. The molecule has 1 aromatic heterocycles. The maximum atomic E-state index is 12.5. The monoisotopic (exact) mass is 320 g/mol. The number of hydrogen-bond donors (Lipinski definition) is 4. The zero-order valence-electron chi connectivity index (χ0n) is 13.8. The number of carbonyl (C=O) groups is 1. The highest BCUT2D eigenvalue weighted by molar-refractivity contribution is 5.82. The van der Waals surface area contributed by atoms with Crippen molar-refractivity contribution in [3.8, 4) is 0 Å². The second-order valence-corrected chi connectivity index (χ2v) is 6.77. The van der Waals surface area contributed by atoms with E-state index in [0.717, 1.165) is 38.2 Å². The minimum atomic E-state index is -0.485. The van der Waals surface area contributed by atoms with E-state index in [1.807, 2.05) is 4.90 Å². The van der Waals surface area contributed by atoms with Crippen molar-refractivity contribution < 1.29 is 4.79 Å². The van der Waals surface area contributed by atoms with Crippen LogP contribution in [0.25, 0.3) is 0 Å². The van der Waals surface area contributed by atoms with Crippen molar-refractivity contribution in [2.75, 3.05) is 19.6 Å². The average Bonchev–Trinajstić information content (AvgIpc) is 3.25. The molecule has 3 heterocycles. The molecule has 2 saturated heterocycles. The summed E-state index contributed by atoms with van der Waals surface area (Å²) in [6.07, 6.45) is 7.16. The van der Waals surface area contributed by atoms with Crippen LogP contribution in [0.3, 0.4) is 0 Å². The summed E-state index contributed by atoms with van der Waals surface area (Å²) in [5.74, 6) is 1.40. The Morgan fingerprint density at radius 2 is 2.26 bits per heavy atom. The third-order valence-corrected chi connectivity index (χ3v) is 5.34. The molecule has 7 heteroatoms. The summed E-state index contributed by atoms with van der Waals surface area (Å²) in [7, 11) is 0. The van der Waals surface area contributed by atoms with Crippen LogP contribution < -0.4 is 16.6 Å². The van der Waals surface area contributed by atoms with Gasteiger partial charge in [-0.25, -0.2) is 4.98 Å². The molecule has 2 unspecified atom stereocenters. The molecule has 0 aromatic carbocycles. The van der Waals surface area contributed by atoms with Gasteiger partial charge in [0.1, 0.15) is 0 Å². The van der Waals surface area contributed by atoms with E-state index in [0.29, 0.717) is 24.3 Å². The fourth-order valence-corrected chi connectivity index (χ4v) is 3.89. The second kappa shape index (κ2) is 7.42. The normalized spacial score (nSPS) is 27.3. The van der Waals surface area contributed by atoms with Gasteiger partial charge in [0.05, 0.1) is 12.4 Å². The first-order valence-electron chi connectivity index (χ1n) is 8.69. The molecule has 0 radical (unpaired) electrons. The molecule has 0 spiro atoms. The number of nitrogens with two attached hydrogens (primary N) is 1. The maximum absolute atomic E-state index is 12.5. The molecule has 0 aliphatic carbocycles. The molecule has 0 bridgehead atoms. The van der Waals surface area contributed by atoms with Gasteiger partial charge in [0.15, 0.2) is 0 Å². The van der Waals surface area contributed by atoms with Gasteiger partial charge in [-0.1, -0.05) is 13.3 Å². The number of carbonyl (C=O) groups excluding carboxylic acids is 1. The van der Waals surface area contributed by atoms with E-state index in [2.05, 4.69) is 27.7 Å². The van der Waals surface area contributed by atoms with Crippen molar-refractivity contribution in [1.29, 1.82) is 0 Å². The summed E-state index contributed by atoms with van der Waals surface area (Å²) in [4.78, 5) is 21.4. The van der Waals surface area contributed by atoms with Crippen LogP contribution in [0, 0.1) is 11.8 Å². The van der Waals surface area contributed by atoms with E-state index in [9.17, 15) is 4.79 Å². The molecule has 7 nitrogen and oxygen atoms in total. The fourth-order valence-electron chi connectivity index (χ4n) is 3.89. The van der Waals surface area contributed by atoms with Crippen LogP contribution in [0.2, 0.25) is 0 Å². The van der Waals surface area contributed by atoms with E-state index >= 15 is 0 Å². The Morgan fingerprint density at radius 3 is 2.91 bits per heavy atom. The number of nitrogens with zero attached hydrogens (tertiary/aromatic N) is 2. The molecule has 128 valence electrons. The number of nitrogens with one attached hydrogen (secondary N) is 3. The number of piperidine rings is 1. The van der Waals surface area contributed by atoms with Gasteiger partial charge in [-0.2, -0.15) is 0 Å². The van der Waals surface area contributed by atoms with Crippen LogP contribution in [0.5, 0.6) is 0 Å². The number of likely N-dealkylation sites (tertiary alicyclic amines) is 1. The van der Waals surface area contributed by atoms with E-state index < -0.39 is 6.04 Å². The number of hydrogen-bond acceptors (Lipinski definition) is 5. The SMILES string of the molecule is CCC1CNNC1C1CCN(C(=O)[C@@H](N)Cc2cnc[nH]2)CC1. The number of aromatic nitrogens is 2. The standard InChI is InChI=1S/C16H28N6O/c1-2-11-8-20-21-15(11)12-3-5-22(6-4-12)16(23)14(17)7-13-9-18-10-19-13/h9-12,14-15,20-21H,2-8,17H2,1H3,(H,18,19)/t11?,14-,15?/m0/s1. The molecule has 3 rings (SSSR count). The largest absolute Gasteiger partial charge is 0.348 e. The van der Waals surface area contributed by atoms with Crippen LogP contribution in [0.4, 0.5) is 0 Å². The molecule has 23 heavy (non-hydrogen) atoms. The minimum absolute atomic E-state index is 0.0580. The van der Waals surface area contributed by atoms with Gasteiger partial charge in [-0.3, -0.25) is 15.6 Å².